The molecule has 1 aromatic heterocycles. The summed E-state index contributed by atoms with van der Waals surface area (Å²) in [5, 5.41) is 0.901. The van der Waals surface area contributed by atoms with Gasteiger partial charge in [0, 0.05) is 12.5 Å². The van der Waals surface area contributed by atoms with Gasteiger partial charge in [-0.2, -0.15) is 0 Å². The van der Waals surface area contributed by atoms with Gasteiger partial charge in [0.1, 0.15) is 4.53 Å². The number of aromatic nitrogens is 1. The molecular formula is C27H23N3O6S. The monoisotopic (exact) mass is 517 g/mol. The number of allylic oxidation sites excluding steroid dienone is 1. The fourth-order valence-electron chi connectivity index (χ4n) is 4.53. The molecule has 0 saturated carbocycles. The van der Waals surface area contributed by atoms with Gasteiger partial charge in [0.05, 0.1) is 35.2 Å². The minimum Gasteiger partial charge on any atom is -0.463 e. The minimum absolute atomic E-state index is 0.113. The summed E-state index contributed by atoms with van der Waals surface area (Å²) >= 11 is 1.05. The summed E-state index contributed by atoms with van der Waals surface area (Å²) in [5.41, 5.74) is 2.88. The maximum Gasteiger partial charge on any atom is 0.338 e. The predicted octanol–water partition coefficient (Wildman–Crippen LogP) is 2.30. The Bertz CT molecular complexity index is 1680. The average Bonchev–Trinajstić information content (AvgIpc) is 3.31. The number of amides is 1. The predicted molar refractivity (Wildman–Crippen MR) is 136 cm³/mol. The van der Waals surface area contributed by atoms with Crippen LogP contribution < -0.4 is 20.0 Å². The highest BCUT2D eigenvalue weighted by molar-refractivity contribution is 7.07. The summed E-state index contributed by atoms with van der Waals surface area (Å²) in [6.07, 6.45) is 0. The molecular weight excluding hydrogens is 494 g/mol. The third-order valence-corrected chi connectivity index (χ3v) is 7.18. The highest BCUT2D eigenvalue weighted by Gasteiger charge is 2.38. The number of ether oxygens (including phenoxy) is 1. The van der Waals surface area contributed by atoms with Gasteiger partial charge >= 0.3 is 11.9 Å². The summed E-state index contributed by atoms with van der Waals surface area (Å²) in [5.74, 6) is -1.86. The first-order chi connectivity index (χ1) is 17.7. The molecule has 0 N–H and O–H groups in total. The maximum atomic E-state index is 14.0. The second-order valence-electron chi connectivity index (χ2n) is 8.61. The number of anilines is 1. The van der Waals surface area contributed by atoms with Crippen molar-refractivity contribution in [3.63, 3.8) is 0 Å². The van der Waals surface area contributed by atoms with Crippen molar-refractivity contribution in [2.24, 2.45) is 4.99 Å². The first-order valence-corrected chi connectivity index (χ1v) is 12.5. The molecule has 0 saturated heterocycles. The van der Waals surface area contributed by atoms with Crippen LogP contribution in [0, 0.1) is 6.92 Å². The van der Waals surface area contributed by atoms with E-state index in [9.17, 15) is 19.2 Å². The van der Waals surface area contributed by atoms with Gasteiger partial charge < -0.3 is 9.57 Å². The second-order valence-corrected chi connectivity index (χ2v) is 9.59. The van der Waals surface area contributed by atoms with Crippen molar-refractivity contribution in [2.45, 2.75) is 33.7 Å². The summed E-state index contributed by atoms with van der Waals surface area (Å²) < 4.78 is 6.89. The van der Waals surface area contributed by atoms with Gasteiger partial charge in [0.25, 0.3) is 11.5 Å². The van der Waals surface area contributed by atoms with Crippen molar-refractivity contribution < 1.29 is 24.0 Å². The van der Waals surface area contributed by atoms with Gasteiger partial charge in [0.15, 0.2) is 4.80 Å². The zero-order chi connectivity index (χ0) is 26.4. The van der Waals surface area contributed by atoms with Crippen molar-refractivity contribution in [3.8, 4) is 0 Å². The molecule has 1 atom stereocenters. The number of nitrogens with zero attached hydrogens (tertiary/aromatic N) is 3. The molecule has 0 fully saturated rings. The lowest BCUT2D eigenvalue weighted by atomic mass is 9.95. The Kier molecular flexibility index (Phi) is 6.12. The van der Waals surface area contributed by atoms with Gasteiger partial charge in [-0.25, -0.2) is 14.6 Å². The van der Waals surface area contributed by atoms with E-state index < -0.39 is 29.4 Å². The van der Waals surface area contributed by atoms with E-state index in [2.05, 4.69) is 4.99 Å². The highest BCUT2D eigenvalue weighted by atomic mass is 32.1. The van der Waals surface area contributed by atoms with Crippen LogP contribution in [0.4, 0.5) is 5.69 Å². The Labute approximate surface area is 215 Å². The SMILES string of the molecule is CCOC(=O)C1=C(C)N=c2s/c(=C3\C(=O)N(OC(C)=O)c4ccccc43)c(=O)n2[C@@H]1c1ccc(C)cc1. The molecule has 0 bridgehead atoms. The summed E-state index contributed by atoms with van der Waals surface area (Å²) in [6, 6.07) is 13.5. The number of hydrogen-bond acceptors (Lipinski definition) is 8. The van der Waals surface area contributed by atoms with E-state index in [0.29, 0.717) is 27.3 Å². The molecule has 0 radical (unpaired) electrons. The standard InChI is InChI=1S/C27H23N3O6S/c1-5-35-26(34)20-15(3)28-27-29(22(20)17-12-10-14(2)11-13-17)25(33)23(37-27)21-18-8-6-7-9-19(18)30(24(21)32)36-16(4)31/h6-13,22H,5H2,1-4H3/b23-21-/t22-/m1/s1. The lowest BCUT2D eigenvalue weighted by Crippen LogP contribution is -2.41. The van der Waals surface area contributed by atoms with Crippen LogP contribution in [-0.2, 0) is 24.0 Å². The zero-order valence-electron chi connectivity index (χ0n) is 20.6. The van der Waals surface area contributed by atoms with Crippen LogP contribution >= 0.6 is 11.3 Å². The van der Waals surface area contributed by atoms with Crippen molar-refractivity contribution in [3.05, 3.63) is 96.2 Å². The lowest BCUT2D eigenvalue weighted by molar-refractivity contribution is -0.146. The smallest absolute Gasteiger partial charge is 0.338 e. The van der Waals surface area contributed by atoms with Gasteiger partial charge in [-0.05, 0) is 32.4 Å². The van der Waals surface area contributed by atoms with E-state index in [-0.39, 0.29) is 22.3 Å². The minimum atomic E-state index is -0.790. The van der Waals surface area contributed by atoms with Gasteiger partial charge in [-0.3, -0.25) is 14.2 Å². The van der Waals surface area contributed by atoms with E-state index in [1.165, 1.54) is 11.5 Å². The third kappa shape index (κ3) is 3.99. The van der Waals surface area contributed by atoms with Crippen molar-refractivity contribution in [1.82, 2.24) is 4.57 Å². The number of hydrogen-bond donors (Lipinski definition) is 0. The fraction of sp³-hybridized carbons (Fsp3) is 0.222. The molecule has 0 unspecified atom stereocenters. The normalized spacial score (nSPS) is 17.8. The van der Waals surface area contributed by atoms with E-state index in [1.807, 2.05) is 31.2 Å². The summed E-state index contributed by atoms with van der Waals surface area (Å²) in [7, 11) is 0. The van der Waals surface area contributed by atoms with E-state index in [0.717, 1.165) is 22.0 Å². The first kappa shape index (κ1) is 24.4. The number of carbonyl (C=O) groups excluding carboxylic acids is 3. The van der Waals surface area contributed by atoms with Crippen LogP contribution in [0.2, 0.25) is 0 Å². The summed E-state index contributed by atoms with van der Waals surface area (Å²) in [4.78, 5) is 62.2. The van der Waals surface area contributed by atoms with E-state index in [4.69, 9.17) is 9.57 Å². The quantitative estimate of drug-likeness (QED) is 0.492. The molecule has 2 aliphatic rings. The number of aryl methyl sites for hydroxylation is 1. The van der Waals surface area contributed by atoms with Crippen molar-refractivity contribution in [1.29, 1.82) is 0 Å². The van der Waals surface area contributed by atoms with Crippen LogP contribution in [-0.4, -0.2) is 29.0 Å². The van der Waals surface area contributed by atoms with Gasteiger partial charge in [0.2, 0.25) is 0 Å². The molecule has 3 aromatic rings. The second kappa shape index (κ2) is 9.29. The van der Waals surface area contributed by atoms with Crippen LogP contribution in [0.25, 0.3) is 5.57 Å². The number of rotatable bonds is 4. The van der Waals surface area contributed by atoms with Crippen LogP contribution in [0.1, 0.15) is 43.5 Å². The van der Waals surface area contributed by atoms with Crippen LogP contribution in [0.15, 0.2) is 69.6 Å². The lowest BCUT2D eigenvalue weighted by Gasteiger charge is -2.24. The number of carbonyl (C=O) groups is 3. The molecule has 2 aliphatic heterocycles. The molecule has 37 heavy (non-hydrogen) atoms. The fourth-order valence-corrected chi connectivity index (χ4v) is 5.67. The van der Waals surface area contributed by atoms with Crippen LogP contribution in [0.5, 0.6) is 0 Å². The molecule has 1 amide bonds. The molecule has 0 aliphatic carbocycles. The third-order valence-electron chi connectivity index (χ3n) is 6.12. The first-order valence-electron chi connectivity index (χ1n) is 11.6. The maximum absolute atomic E-state index is 14.0. The number of benzene rings is 2. The van der Waals surface area contributed by atoms with Gasteiger partial charge in [-0.1, -0.05) is 59.4 Å². The number of hydroxylamine groups is 1. The van der Waals surface area contributed by atoms with Crippen LogP contribution in [0.3, 0.4) is 0 Å². The Morgan fingerprint density at radius 3 is 2.43 bits per heavy atom. The average molecular weight is 518 g/mol. The molecule has 188 valence electrons. The van der Waals surface area contributed by atoms with Gasteiger partial charge in [-0.15, -0.1) is 5.06 Å². The number of thiazole rings is 1. The topological polar surface area (TPSA) is 107 Å². The molecule has 3 heterocycles. The van der Waals surface area contributed by atoms with Crippen molar-refractivity contribution in [2.75, 3.05) is 11.7 Å². The van der Waals surface area contributed by atoms with Crippen molar-refractivity contribution >= 4 is 40.4 Å². The van der Waals surface area contributed by atoms with E-state index in [1.54, 1.807) is 38.1 Å². The largest absolute Gasteiger partial charge is 0.463 e. The zero-order valence-corrected chi connectivity index (χ0v) is 21.4. The molecule has 9 nitrogen and oxygen atoms in total. The molecule has 2 aromatic carbocycles. The Morgan fingerprint density at radius 1 is 1.05 bits per heavy atom. The Hall–Kier alpha value is -4.31. The number of esters is 1. The molecule has 0 spiro atoms. The Balaban J connectivity index is 1.80. The highest BCUT2D eigenvalue weighted by Crippen LogP contribution is 2.36. The number of para-hydroxylation sites is 1. The Morgan fingerprint density at radius 2 is 1.76 bits per heavy atom. The van der Waals surface area contributed by atoms with E-state index >= 15 is 0 Å². The molecule has 5 rings (SSSR count). The summed E-state index contributed by atoms with van der Waals surface area (Å²) in [6.45, 7) is 6.73. The molecule has 10 heteroatoms. The number of fused-ring (bicyclic) bond motifs is 2.